The highest BCUT2D eigenvalue weighted by molar-refractivity contribution is 5.89. The molecule has 1 N–H and O–H groups in total. The molecule has 0 aliphatic carbocycles. The number of hydrogen-bond donors (Lipinski definition) is 1. The van der Waals surface area contributed by atoms with E-state index in [1.54, 1.807) is 0 Å². The van der Waals surface area contributed by atoms with Gasteiger partial charge in [0, 0.05) is 5.56 Å². The molecule has 0 spiro atoms. The maximum Gasteiger partial charge on any atom is 0.336 e. The first kappa shape index (κ1) is 13.0. The highest BCUT2D eigenvalue weighted by atomic mass is 19.1. The monoisotopic (exact) mass is 264 g/mol. The van der Waals surface area contributed by atoms with Crippen molar-refractivity contribution in [3.8, 4) is 5.75 Å². The predicted octanol–water partition coefficient (Wildman–Crippen LogP) is 3.24. The molecule has 19 heavy (non-hydrogen) atoms. The summed E-state index contributed by atoms with van der Waals surface area (Å²) in [5, 5.41) is 8.96. The van der Waals surface area contributed by atoms with Crippen LogP contribution in [0.2, 0.25) is 0 Å². The van der Waals surface area contributed by atoms with Crippen molar-refractivity contribution in [2.75, 3.05) is 0 Å². The van der Waals surface area contributed by atoms with Gasteiger partial charge in [-0.1, -0.05) is 0 Å². The maximum absolute atomic E-state index is 13.1. The molecule has 2 rings (SSSR count). The molecular weight excluding hydrogens is 254 g/mol. The van der Waals surface area contributed by atoms with Crippen molar-refractivity contribution in [1.29, 1.82) is 0 Å². The van der Waals surface area contributed by atoms with Gasteiger partial charge in [-0.3, -0.25) is 0 Å². The summed E-state index contributed by atoms with van der Waals surface area (Å²) in [4.78, 5) is 11.0. The van der Waals surface area contributed by atoms with Crippen LogP contribution < -0.4 is 4.74 Å². The molecular formula is C14H10F2O3. The predicted molar refractivity (Wildman–Crippen MR) is 64.1 cm³/mol. The van der Waals surface area contributed by atoms with Gasteiger partial charge in [0.25, 0.3) is 0 Å². The number of rotatable bonds is 4. The molecule has 3 nitrogen and oxygen atoms in total. The molecule has 2 aromatic rings. The summed E-state index contributed by atoms with van der Waals surface area (Å²) in [5.74, 6) is -1.72. The molecule has 0 heterocycles. The molecule has 5 heteroatoms. The van der Waals surface area contributed by atoms with E-state index >= 15 is 0 Å². The highest BCUT2D eigenvalue weighted by Crippen LogP contribution is 2.17. The van der Waals surface area contributed by atoms with Crippen LogP contribution in [0.15, 0.2) is 42.5 Å². The first-order valence-corrected chi connectivity index (χ1v) is 5.46. The van der Waals surface area contributed by atoms with Crippen molar-refractivity contribution in [2.45, 2.75) is 6.61 Å². The molecule has 0 fully saturated rings. The van der Waals surface area contributed by atoms with Gasteiger partial charge in [-0.15, -0.1) is 0 Å². The lowest BCUT2D eigenvalue weighted by molar-refractivity contribution is 0.0694. The highest BCUT2D eigenvalue weighted by Gasteiger charge is 2.11. The zero-order valence-corrected chi connectivity index (χ0v) is 9.77. The van der Waals surface area contributed by atoms with Gasteiger partial charge in [0.05, 0.1) is 5.56 Å². The van der Waals surface area contributed by atoms with Gasteiger partial charge in [0.1, 0.15) is 24.0 Å². The van der Waals surface area contributed by atoms with Gasteiger partial charge in [0.2, 0.25) is 0 Å². The van der Waals surface area contributed by atoms with Crippen LogP contribution in [0.25, 0.3) is 0 Å². The molecule has 0 bridgehead atoms. The molecule has 0 aliphatic heterocycles. The summed E-state index contributed by atoms with van der Waals surface area (Å²) >= 11 is 0. The van der Waals surface area contributed by atoms with Crippen LogP contribution in [-0.4, -0.2) is 11.1 Å². The van der Waals surface area contributed by atoms with Gasteiger partial charge in [0.15, 0.2) is 0 Å². The van der Waals surface area contributed by atoms with Gasteiger partial charge in [-0.2, -0.15) is 0 Å². The van der Waals surface area contributed by atoms with Crippen molar-refractivity contribution in [3.63, 3.8) is 0 Å². The van der Waals surface area contributed by atoms with Crippen molar-refractivity contribution in [1.82, 2.24) is 0 Å². The Balaban J connectivity index is 2.16. The van der Waals surface area contributed by atoms with E-state index in [0.29, 0.717) is 5.75 Å². The fourth-order valence-electron chi connectivity index (χ4n) is 1.58. The maximum atomic E-state index is 13.1. The molecule has 0 saturated heterocycles. The molecule has 0 aliphatic rings. The number of ether oxygens (including phenoxy) is 1. The van der Waals surface area contributed by atoms with Gasteiger partial charge < -0.3 is 9.84 Å². The minimum absolute atomic E-state index is 0.0245. The lowest BCUT2D eigenvalue weighted by Gasteiger charge is -2.09. The summed E-state index contributed by atoms with van der Waals surface area (Å²) in [7, 11) is 0. The third kappa shape index (κ3) is 3.28. The topological polar surface area (TPSA) is 46.5 Å². The number of aromatic carboxylic acids is 1. The molecule has 0 atom stereocenters. The molecule has 2 aromatic carbocycles. The number of hydrogen-bond acceptors (Lipinski definition) is 2. The number of carboxylic acids is 1. The minimum atomic E-state index is -1.15. The SMILES string of the molecule is O=C(O)c1ccc(F)cc1COc1ccc(F)cc1. The lowest BCUT2D eigenvalue weighted by atomic mass is 10.1. The van der Waals surface area contributed by atoms with E-state index < -0.39 is 17.6 Å². The van der Waals surface area contributed by atoms with E-state index in [1.807, 2.05) is 0 Å². The zero-order valence-electron chi connectivity index (χ0n) is 9.77. The zero-order chi connectivity index (χ0) is 13.8. The Morgan fingerprint density at radius 3 is 2.32 bits per heavy atom. The minimum Gasteiger partial charge on any atom is -0.489 e. The fraction of sp³-hybridized carbons (Fsp3) is 0.0714. The van der Waals surface area contributed by atoms with E-state index in [1.165, 1.54) is 30.3 Å². The number of benzene rings is 2. The van der Waals surface area contributed by atoms with Crippen LogP contribution in [0.5, 0.6) is 5.75 Å². The van der Waals surface area contributed by atoms with Gasteiger partial charge >= 0.3 is 5.97 Å². The largest absolute Gasteiger partial charge is 0.489 e. The molecule has 0 saturated carbocycles. The van der Waals surface area contributed by atoms with Crippen molar-refractivity contribution in [2.24, 2.45) is 0 Å². The van der Waals surface area contributed by atoms with Crippen LogP contribution in [-0.2, 0) is 6.61 Å². The quantitative estimate of drug-likeness (QED) is 0.922. The molecule has 0 aromatic heterocycles. The second-order valence-electron chi connectivity index (χ2n) is 3.85. The Hall–Kier alpha value is -2.43. The molecule has 0 radical (unpaired) electrons. The summed E-state index contributed by atoms with van der Waals surface area (Å²) in [6, 6.07) is 8.63. The molecule has 98 valence electrons. The first-order valence-electron chi connectivity index (χ1n) is 5.46. The Morgan fingerprint density at radius 1 is 1.05 bits per heavy atom. The summed E-state index contributed by atoms with van der Waals surface area (Å²) < 4.78 is 31.1. The van der Waals surface area contributed by atoms with E-state index in [0.717, 1.165) is 12.1 Å². The Labute approximate surface area is 108 Å². The summed E-state index contributed by atoms with van der Waals surface area (Å²) in [6.45, 7) is -0.106. The fourth-order valence-corrected chi connectivity index (χ4v) is 1.58. The summed E-state index contributed by atoms with van der Waals surface area (Å²) in [5.41, 5.74) is 0.195. The number of carbonyl (C=O) groups is 1. The van der Waals surface area contributed by atoms with Gasteiger partial charge in [-0.25, -0.2) is 13.6 Å². The average Bonchev–Trinajstić information content (AvgIpc) is 2.38. The third-order valence-corrected chi connectivity index (χ3v) is 2.51. The van der Waals surface area contributed by atoms with Crippen LogP contribution in [0.4, 0.5) is 8.78 Å². The lowest BCUT2D eigenvalue weighted by Crippen LogP contribution is -2.06. The number of carboxylic acid groups (broad SMARTS) is 1. The molecule has 0 unspecified atom stereocenters. The average molecular weight is 264 g/mol. The second kappa shape index (κ2) is 5.48. The number of halogens is 2. The second-order valence-corrected chi connectivity index (χ2v) is 3.85. The van der Waals surface area contributed by atoms with Crippen LogP contribution in [0, 0.1) is 11.6 Å². The van der Waals surface area contributed by atoms with E-state index in [9.17, 15) is 13.6 Å². The summed E-state index contributed by atoms with van der Waals surface area (Å²) in [6.07, 6.45) is 0. The van der Waals surface area contributed by atoms with E-state index in [4.69, 9.17) is 9.84 Å². The molecule has 0 amide bonds. The standard InChI is InChI=1S/C14H10F2O3/c15-10-1-4-12(5-2-10)19-8-9-7-11(16)3-6-13(9)14(17)18/h1-7H,8H2,(H,17,18). The van der Waals surface area contributed by atoms with Crippen molar-refractivity contribution < 1.29 is 23.4 Å². The van der Waals surface area contributed by atoms with Crippen LogP contribution in [0.3, 0.4) is 0 Å². The van der Waals surface area contributed by atoms with Crippen LogP contribution >= 0.6 is 0 Å². The van der Waals surface area contributed by atoms with E-state index in [2.05, 4.69) is 0 Å². The van der Waals surface area contributed by atoms with E-state index in [-0.39, 0.29) is 17.7 Å². The Morgan fingerprint density at radius 2 is 1.68 bits per heavy atom. The van der Waals surface area contributed by atoms with Crippen molar-refractivity contribution >= 4 is 5.97 Å². The first-order chi connectivity index (χ1) is 9.06. The van der Waals surface area contributed by atoms with Crippen LogP contribution in [0.1, 0.15) is 15.9 Å². The normalized spacial score (nSPS) is 10.2. The third-order valence-electron chi connectivity index (χ3n) is 2.51. The van der Waals surface area contributed by atoms with Crippen molar-refractivity contribution in [3.05, 3.63) is 65.2 Å². The van der Waals surface area contributed by atoms with Gasteiger partial charge in [-0.05, 0) is 42.5 Å². The Bertz CT molecular complexity index is 594. The smallest absolute Gasteiger partial charge is 0.336 e. The Kier molecular flexibility index (Phi) is 3.75.